The van der Waals surface area contributed by atoms with Gasteiger partial charge in [0.15, 0.2) is 23.0 Å². The van der Waals surface area contributed by atoms with Gasteiger partial charge in [0.2, 0.25) is 6.79 Å². The first-order valence-electron chi connectivity index (χ1n) is 10.2. The molecule has 0 atom stereocenters. The number of fused-ring (bicyclic) bond motifs is 1. The summed E-state index contributed by atoms with van der Waals surface area (Å²) in [6.07, 6.45) is 1.71. The third-order valence-electron chi connectivity index (χ3n) is 5.27. The third kappa shape index (κ3) is 3.94. The summed E-state index contributed by atoms with van der Waals surface area (Å²) in [4.78, 5) is 13.3. The van der Waals surface area contributed by atoms with Gasteiger partial charge in [0, 0.05) is 23.5 Å². The fourth-order valence-electron chi connectivity index (χ4n) is 3.62. The van der Waals surface area contributed by atoms with Crippen molar-refractivity contribution in [2.75, 3.05) is 26.3 Å². The van der Waals surface area contributed by atoms with E-state index in [1.807, 2.05) is 36.4 Å². The minimum absolute atomic E-state index is 0.167. The summed E-state index contributed by atoms with van der Waals surface area (Å²) < 4.78 is 23.2. The highest BCUT2D eigenvalue weighted by molar-refractivity contribution is 6.08. The van der Waals surface area contributed by atoms with Crippen LogP contribution in [0.15, 0.2) is 72.9 Å². The Balaban J connectivity index is 1.55. The Morgan fingerprint density at radius 2 is 1.73 bits per heavy atom. The van der Waals surface area contributed by atoms with E-state index < -0.39 is 0 Å². The number of rotatable bonds is 6. The molecule has 8 heteroatoms. The summed E-state index contributed by atoms with van der Waals surface area (Å²) in [6, 6.07) is 20.3. The first-order chi connectivity index (χ1) is 16.2. The second kappa shape index (κ2) is 8.58. The van der Waals surface area contributed by atoms with Gasteiger partial charge in [-0.1, -0.05) is 18.2 Å². The molecule has 2 heterocycles. The number of ether oxygens (including phenoxy) is 4. The highest BCUT2D eigenvalue weighted by Gasteiger charge is 2.21. The molecule has 0 unspecified atom stereocenters. The van der Waals surface area contributed by atoms with Crippen LogP contribution in [0.3, 0.4) is 0 Å². The number of nitrogens with one attached hydrogen (secondary N) is 1. The number of methoxy groups -OCH3 is 2. The van der Waals surface area contributed by atoms with Gasteiger partial charge in [-0.25, -0.2) is 4.68 Å². The normalized spacial score (nSPS) is 11.8. The SMILES string of the molecule is COc1ccc(-c2nn(-c3ccccc3)cc2C(=O)Nc2ccc3c(c2)OCO3)cc1OC. The van der Waals surface area contributed by atoms with Gasteiger partial charge in [0.05, 0.1) is 25.5 Å². The maximum atomic E-state index is 13.3. The van der Waals surface area contributed by atoms with Crippen LogP contribution in [0.25, 0.3) is 16.9 Å². The Morgan fingerprint density at radius 3 is 2.52 bits per heavy atom. The number of aromatic nitrogens is 2. The Labute approximate surface area is 190 Å². The van der Waals surface area contributed by atoms with Crippen molar-refractivity contribution >= 4 is 11.6 Å². The molecule has 33 heavy (non-hydrogen) atoms. The minimum atomic E-state index is -0.305. The molecule has 0 radical (unpaired) electrons. The zero-order valence-electron chi connectivity index (χ0n) is 18.1. The minimum Gasteiger partial charge on any atom is -0.493 e. The monoisotopic (exact) mass is 443 g/mol. The van der Waals surface area contributed by atoms with Crippen molar-refractivity contribution < 1.29 is 23.7 Å². The van der Waals surface area contributed by atoms with E-state index in [1.165, 1.54) is 0 Å². The molecular formula is C25H21N3O5. The molecule has 0 saturated heterocycles. The number of carbonyl (C=O) groups excluding carboxylic acids is 1. The molecule has 0 fully saturated rings. The van der Waals surface area contributed by atoms with Crippen LogP contribution >= 0.6 is 0 Å². The van der Waals surface area contributed by atoms with Crippen molar-refractivity contribution in [2.24, 2.45) is 0 Å². The van der Waals surface area contributed by atoms with Gasteiger partial charge in [-0.2, -0.15) is 5.10 Å². The van der Waals surface area contributed by atoms with Crippen molar-refractivity contribution in [2.45, 2.75) is 0 Å². The molecule has 1 aliphatic heterocycles. The summed E-state index contributed by atoms with van der Waals surface area (Å²) >= 11 is 0. The second-order valence-electron chi connectivity index (χ2n) is 7.26. The quantitative estimate of drug-likeness (QED) is 0.471. The van der Waals surface area contributed by atoms with Crippen molar-refractivity contribution in [3.63, 3.8) is 0 Å². The maximum Gasteiger partial charge on any atom is 0.259 e. The number of nitrogens with zero attached hydrogens (tertiary/aromatic N) is 2. The van der Waals surface area contributed by atoms with Crippen molar-refractivity contribution in [1.29, 1.82) is 0 Å². The van der Waals surface area contributed by atoms with E-state index in [2.05, 4.69) is 5.32 Å². The molecule has 3 aromatic carbocycles. The molecule has 1 N–H and O–H groups in total. The smallest absolute Gasteiger partial charge is 0.259 e. The Morgan fingerprint density at radius 1 is 0.939 bits per heavy atom. The first kappa shape index (κ1) is 20.4. The van der Waals surface area contributed by atoms with Gasteiger partial charge < -0.3 is 24.3 Å². The molecule has 1 amide bonds. The van der Waals surface area contributed by atoms with E-state index in [0.29, 0.717) is 39.9 Å². The van der Waals surface area contributed by atoms with E-state index in [1.54, 1.807) is 55.4 Å². The van der Waals surface area contributed by atoms with E-state index in [-0.39, 0.29) is 12.7 Å². The molecule has 166 valence electrons. The van der Waals surface area contributed by atoms with Crippen LogP contribution in [0.2, 0.25) is 0 Å². The first-order valence-corrected chi connectivity index (χ1v) is 10.2. The van der Waals surface area contributed by atoms with Crippen molar-refractivity contribution in [3.05, 3.63) is 78.5 Å². The van der Waals surface area contributed by atoms with Gasteiger partial charge in [-0.15, -0.1) is 0 Å². The highest BCUT2D eigenvalue weighted by Crippen LogP contribution is 2.36. The number of benzene rings is 3. The van der Waals surface area contributed by atoms with Crippen molar-refractivity contribution in [3.8, 4) is 39.9 Å². The number of hydrogen-bond acceptors (Lipinski definition) is 6. The number of para-hydroxylation sites is 1. The molecule has 1 aliphatic rings. The maximum absolute atomic E-state index is 13.3. The third-order valence-corrected chi connectivity index (χ3v) is 5.27. The molecule has 8 nitrogen and oxygen atoms in total. The molecule has 0 bridgehead atoms. The molecule has 0 spiro atoms. The lowest BCUT2D eigenvalue weighted by Crippen LogP contribution is -2.12. The van der Waals surface area contributed by atoms with Gasteiger partial charge in [-0.05, 0) is 42.5 Å². The van der Waals surface area contributed by atoms with E-state index in [0.717, 1.165) is 11.3 Å². The average Bonchev–Trinajstić information content (AvgIpc) is 3.51. The van der Waals surface area contributed by atoms with Crippen LogP contribution in [0.5, 0.6) is 23.0 Å². The van der Waals surface area contributed by atoms with E-state index in [9.17, 15) is 4.79 Å². The molecular weight excluding hydrogens is 422 g/mol. The summed E-state index contributed by atoms with van der Waals surface area (Å²) in [5, 5.41) is 7.65. The summed E-state index contributed by atoms with van der Waals surface area (Å²) in [7, 11) is 3.14. The predicted octanol–water partition coefficient (Wildman–Crippen LogP) is 4.54. The van der Waals surface area contributed by atoms with Crippen LogP contribution in [0.4, 0.5) is 5.69 Å². The van der Waals surface area contributed by atoms with E-state index in [4.69, 9.17) is 24.0 Å². The standard InChI is InChI=1S/C25H21N3O5/c1-30-20-10-8-16(12-22(20)31-2)24-19(14-28(27-24)18-6-4-3-5-7-18)25(29)26-17-9-11-21-23(13-17)33-15-32-21/h3-14H,15H2,1-2H3,(H,26,29). The van der Waals surface area contributed by atoms with Crippen LogP contribution in [0, 0.1) is 0 Å². The fourth-order valence-corrected chi connectivity index (χ4v) is 3.62. The van der Waals surface area contributed by atoms with Gasteiger partial charge in [0.1, 0.15) is 5.69 Å². The average molecular weight is 443 g/mol. The molecule has 4 aromatic rings. The number of hydrogen-bond donors (Lipinski definition) is 1. The fraction of sp³-hybridized carbons (Fsp3) is 0.120. The summed E-state index contributed by atoms with van der Waals surface area (Å²) in [5.41, 5.74) is 3.07. The lowest BCUT2D eigenvalue weighted by atomic mass is 10.1. The summed E-state index contributed by atoms with van der Waals surface area (Å²) in [6.45, 7) is 0.167. The number of anilines is 1. The Hall–Kier alpha value is -4.46. The molecule has 0 aliphatic carbocycles. The van der Waals surface area contributed by atoms with Crippen LogP contribution < -0.4 is 24.3 Å². The largest absolute Gasteiger partial charge is 0.493 e. The van der Waals surface area contributed by atoms with Crippen LogP contribution in [-0.4, -0.2) is 36.7 Å². The number of carbonyl (C=O) groups is 1. The van der Waals surface area contributed by atoms with E-state index >= 15 is 0 Å². The Kier molecular flexibility index (Phi) is 5.32. The van der Waals surface area contributed by atoms with Crippen LogP contribution in [0.1, 0.15) is 10.4 Å². The topological polar surface area (TPSA) is 83.8 Å². The Bertz CT molecular complexity index is 1320. The summed E-state index contributed by atoms with van der Waals surface area (Å²) in [5.74, 6) is 2.08. The zero-order chi connectivity index (χ0) is 22.8. The van der Waals surface area contributed by atoms with Gasteiger partial charge in [-0.3, -0.25) is 4.79 Å². The van der Waals surface area contributed by atoms with Gasteiger partial charge in [0.25, 0.3) is 5.91 Å². The highest BCUT2D eigenvalue weighted by atomic mass is 16.7. The molecule has 0 saturated carbocycles. The van der Waals surface area contributed by atoms with Crippen LogP contribution in [-0.2, 0) is 0 Å². The number of amides is 1. The lowest BCUT2D eigenvalue weighted by Gasteiger charge is -2.10. The lowest BCUT2D eigenvalue weighted by molar-refractivity contribution is 0.102. The second-order valence-corrected chi connectivity index (χ2v) is 7.26. The van der Waals surface area contributed by atoms with Crippen molar-refractivity contribution in [1.82, 2.24) is 9.78 Å². The van der Waals surface area contributed by atoms with Gasteiger partial charge >= 0.3 is 0 Å². The zero-order valence-corrected chi connectivity index (χ0v) is 18.1. The molecule has 5 rings (SSSR count). The molecule has 1 aromatic heterocycles. The predicted molar refractivity (Wildman–Crippen MR) is 123 cm³/mol.